The largest absolute Gasteiger partial charge is 0.383 e. The van der Waals surface area contributed by atoms with Crippen molar-refractivity contribution >= 4 is 23.8 Å². The van der Waals surface area contributed by atoms with Gasteiger partial charge in [0.25, 0.3) is 0 Å². The van der Waals surface area contributed by atoms with Crippen molar-refractivity contribution in [1.82, 2.24) is 14.9 Å². The predicted octanol–water partition coefficient (Wildman–Crippen LogP) is 1.50. The Labute approximate surface area is 150 Å². The maximum absolute atomic E-state index is 13.0. The van der Waals surface area contributed by atoms with E-state index in [0.29, 0.717) is 18.1 Å². The Bertz CT molecular complexity index is 789. The molecule has 0 amide bonds. The number of carbonyl (C=O) groups is 2. The molecule has 1 aromatic carbocycles. The molecule has 1 fully saturated rings. The number of halogens is 1. The molecule has 1 aliphatic rings. The van der Waals surface area contributed by atoms with Gasteiger partial charge in [0.15, 0.2) is 5.78 Å². The van der Waals surface area contributed by atoms with Gasteiger partial charge in [-0.3, -0.25) is 9.69 Å². The lowest BCUT2D eigenvalue weighted by atomic mass is 10.0. The summed E-state index contributed by atoms with van der Waals surface area (Å²) in [5.74, 6) is -0.317. The van der Waals surface area contributed by atoms with Gasteiger partial charge in [0.2, 0.25) is 5.95 Å². The number of hydrogen-bond acceptors (Lipinski definition) is 7. The van der Waals surface area contributed by atoms with Gasteiger partial charge in [0, 0.05) is 30.9 Å². The number of nitrogens with zero attached hydrogens (tertiary/aromatic N) is 3. The van der Waals surface area contributed by atoms with Crippen LogP contribution in [0.4, 0.5) is 16.2 Å². The lowest BCUT2D eigenvalue weighted by Crippen LogP contribution is -2.40. The fraction of sp³-hybridized carbons (Fsp3) is 0.333. The van der Waals surface area contributed by atoms with Crippen LogP contribution < -0.4 is 11.1 Å². The number of nitrogens with two attached hydrogens (primary N) is 1. The molecular weight excluding hydrogens is 337 g/mol. The molecular formula is C18H20FN5O2. The highest BCUT2D eigenvalue weighted by Crippen LogP contribution is 2.18. The van der Waals surface area contributed by atoms with E-state index in [4.69, 9.17) is 5.73 Å². The summed E-state index contributed by atoms with van der Waals surface area (Å²) in [6, 6.07) is 5.43. The topological polar surface area (TPSA) is 101 Å². The average molecular weight is 357 g/mol. The summed E-state index contributed by atoms with van der Waals surface area (Å²) in [7, 11) is 0. The van der Waals surface area contributed by atoms with Gasteiger partial charge in [0.1, 0.15) is 17.9 Å². The Morgan fingerprint density at radius 3 is 2.62 bits per heavy atom. The standard InChI is InChI=1S/C18H20FN5O2/c19-13-3-1-12(2-4-13)16(26)15-11-21-18(23-17(15)20)22-14-5-7-24(8-6-14)9-10-25/h1-4,10-11,14H,5-9H2,(H3,20,21,22,23). The highest BCUT2D eigenvalue weighted by Gasteiger charge is 2.20. The fourth-order valence-corrected chi connectivity index (χ4v) is 2.94. The molecule has 0 bridgehead atoms. The Morgan fingerprint density at radius 2 is 2.00 bits per heavy atom. The third-order valence-electron chi connectivity index (χ3n) is 4.42. The SMILES string of the molecule is Nc1nc(NC2CCN(CC=O)CC2)ncc1C(=O)c1ccc(F)cc1. The van der Waals surface area contributed by atoms with Gasteiger partial charge in [-0.25, -0.2) is 9.37 Å². The second kappa shape index (κ2) is 8.01. The number of ketones is 1. The van der Waals surface area contributed by atoms with E-state index >= 15 is 0 Å². The summed E-state index contributed by atoms with van der Waals surface area (Å²) in [6.07, 6.45) is 4.03. The van der Waals surface area contributed by atoms with Gasteiger partial charge in [-0.05, 0) is 37.1 Å². The molecule has 0 saturated carbocycles. The van der Waals surface area contributed by atoms with E-state index in [1.165, 1.54) is 30.5 Å². The molecule has 7 nitrogen and oxygen atoms in total. The van der Waals surface area contributed by atoms with Crippen molar-refractivity contribution in [1.29, 1.82) is 0 Å². The Hall–Kier alpha value is -2.87. The summed E-state index contributed by atoms with van der Waals surface area (Å²) >= 11 is 0. The number of carbonyl (C=O) groups excluding carboxylic acids is 2. The third-order valence-corrected chi connectivity index (χ3v) is 4.42. The lowest BCUT2D eigenvalue weighted by Gasteiger charge is -2.31. The van der Waals surface area contributed by atoms with Gasteiger partial charge in [0.05, 0.1) is 12.1 Å². The summed E-state index contributed by atoms with van der Waals surface area (Å²) in [6.45, 7) is 2.11. The quantitative estimate of drug-likeness (QED) is 0.597. The molecule has 3 rings (SSSR count). The van der Waals surface area contributed by atoms with Crippen LogP contribution in [0, 0.1) is 5.82 Å². The number of aromatic nitrogens is 2. The van der Waals surface area contributed by atoms with E-state index in [2.05, 4.69) is 20.2 Å². The number of benzene rings is 1. The molecule has 0 aliphatic carbocycles. The number of nitrogens with one attached hydrogen (secondary N) is 1. The van der Waals surface area contributed by atoms with Crippen molar-refractivity contribution in [3.8, 4) is 0 Å². The molecule has 0 radical (unpaired) electrons. The monoisotopic (exact) mass is 357 g/mol. The molecule has 1 saturated heterocycles. The number of rotatable bonds is 6. The molecule has 1 aliphatic heterocycles. The molecule has 0 atom stereocenters. The first-order valence-corrected chi connectivity index (χ1v) is 8.42. The Balaban J connectivity index is 1.65. The first-order chi connectivity index (χ1) is 12.6. The Kier molecular flexibility index (Phi) is 5.52. The third kappa shape index (κ3) is 4.20. The van der Waals surface area contributed by atoms with Crippen LogP contribution in [0.2, 0.25) is 0 Å². The van der Waals surface area contributed by atoms with Crippen LogP contribution in [0.1, 0.15) is 28.8 Å². The number of likely N-dealkylation sites (tertiary alicyclic amines) is 1. The van der Waals surface area contributed by atoms with E-state index < -0.39 is 5.82 Å². The van der Waals surface area contributed by atoms with Crippen molar-refractivity contribution in [3.63, 3.8) is 0 Å². The van der Waals surface area contributed by atoms with Crippen LogP contribution in [-0.4, -0.2) is 52.6 Å². The number of anilines is 2. The average Bonchev–Trinajstić information content (AvgIpc) is 2.64. The minimum absolute atomic E-state index is 0.0789. The minimum Gasteiger partial charge on any atom is -0.383 e. The second-order valence-electron chi connectivity index (χ2n) is 6.21. The van der Waals surface area contributed by atoms with Crippen molar-refractivity contribution in [2.75, 3.05) is 30.7 Å². The van der Waals surface area contributed by atoms with E-state index in [9.17, 15) is 14.0 Å². The second-order valence-corrected chi connectivity index (χ2v) is 6.21. The zero-order chi connectivity index (χ0) is 18.5. The predicted molar refractivity (Wildman–Crippen MR) is 95.4 cm³/mol. The molecule has 2 heterocycles. The minimum atomic E-state index is -0.412. The van der Waals surface area contributed by atoms with Crippen molar-refractivity contribution < 1.29 is 14.0 Å². The molecule has 3 N–H and O–H groups in total. The van der Waals surface area contributed by atoms with Crippen molar-refractivity contribution in [2.45, 2.75) is 18.9 Å². The molecule has 136 valence electrons. The molecule has 26 heavy (non-hydrogen) atoms. The number of piperidine rings is 1. The van der Waals surface area contributed by atoms with Gasteiger partial charge in [-0.1, -0.05) is 0 Å². The van der Waals surface area contributed by atoms with Gasteiger partial charge >= 0.3 is 0 Å². The number of nitrogen functional groups attached to an aromatic ring is 1. The Morgan fingerprint density at radius 1 is 1.31 bits per heavy atom. The van der Waals surface area contributed by atoms with Crippen LogP contribution in [0.5, 0.6) is 0 Å². The summed E-state index contributed by atoms with van der Waals surface area (Å²) in [5, 5.41) is 3.22. The maximum atomic E-state index is 13.0. The zero-order valence-electron chi connectivity index (χ0n) is 14.2. The molecule has 2 aromatic rings. The van der Waals surface area contributed by atoms with Gasteiger partial charge in [-0.15, -0.1) is 0 Å². The normalized spacial score (nSPS) is 15.6. The van der Waals surface area contributed by atoms with Gasteiger partial charge in [-0.2, -0.15) is 4.98 Å². The molecule has 8 heteroatoms. The van der Waals surface area contributed by atoms with Crippen LogP contribution in [0.15, 0.2) is 30.5 Å². The van der Waals surface area contributed by atoms with E-state index in [-0.39, 0.29) is 23.2 Å². The highest BCUT2D eigenvalue weighted by molar-refractivity contribution is 6.11. The maximum Gasteiger partial charge on any atom is 0.224 e. The zero-order valence-corrected chi connectivity index (χ0v) is 14.2. The smallest absolute Gasteiger partial charge is 0.224 e. The number of aldehydes is 1. The summed E-state index contributed by atoms with van der Waals surface area (Å²) in [5.41, 5.74) is 6.43. The fourth-order valence-electron chi connectivity index (χ4n) is 2.94. The number of hydrogen-bond donors (Lipinski definition) is 2. The molecule has 0 unspecified atom stereocenters. The highest BCUT2D eigenvalue weighted by atomic mass is 19.1. The van der Waals surface area contributed by atoms with Crippen LogP contribution in [0.25, 0.3) is 0 Å². The summed E-state index contributed by atoms with van der Waals surface area (Å²) < 4.78 is 13.0. The van der Waals surface area contributed by atoms with E-state index in [0.717, 1.165) is 32.2 Å². The van der Waals surface area contributed by atoms with Crippen LogP contribution in [0.3, 0.4) is 0 Å². The van der Waals surface area contributed by atoms with Crippen molar-refractivity contribution in [3.05, 3.63) is 47.4 Å². The van der Waals surface area contributed by atoms with Gasteiger partial charge < -0.3 is 15.8 Å². The van der Waals surface area contributed by atoms with Crippen molar-refractivity contribution in [2.24, 2.45) is 0 Å². The van der Waals surface area contributed by atoms with Crippen LogP contribution >= 0.6 is 0 Å². The molecule has 0 spiro atoms. The van der Waals surface area contributed by atoms with E-state index in [1.807, 2.05) is 0 Å². The summed E-state index contributed by atoms with van der Waals surface area (Å²) in [4.78, 5) is 33.4. The van der Waals surface area contributed by atoms with Crippen LogP contribution in [-0.2, 0) is 4.79 Å². The first kappa shape index (κ1) is 17.9. The molecule has 1 aromatic heterocycles. The first-order valence-electron chi connectivity index (χ1n) is 8.42. The lowest BCUT2D eigenvalue weighted by molar-refractivity contribution is -0.109. The van der Waals surface area contributed by atoms with E-state index in [1.54, 1.807) is 0 Å².